The van der Waals surface area contributed by atoms with Crippen LogP contribution in [0, 0.1) is 5.82 Å². The lowest BCUT2D eigenvalue weighted by Crippen LogP contribution is -2.25. The first-order valence-corrected chi connectivity index (χ1v) is 10.5. The van der Waals surface area contributed by atoms with Gasteiger partial charge in [-0.05, 0) is 49.4 Å². The summed E-state index contributed by atoms with van der Waals surface area (Å²) in [5, 5.41) is 4.96. The van der Waals surface area contributed by atoms with Crippen LogP contribution in [0.4, 0.5) is 15.8 Å². The maximum absolute atomic E-state index is 14.3. The van der Waals surface area contributed by atoms with Crippen molar-refractivity contribution in [3.8, 4) is 5.69 Å². The predicted octanol–water partition coefficient (Wildman–Crippen LogP) is 4.47. The smallest absolute Gasteiger partial charge is 0.237 e. The maximum atomic E-state index is 14.3. The summed E-state index contributed by atoms with van der Waals surface area (Å²) in [4.78, 5) is 28.3. The zero-order valence-corrected chi connectivity index (χ0v) is 17.8. The molecular formula is C20H18BrFN4O2S. The average Bonchev–Trinajstić information content (AvgIpc) is 3.22. The van der Waals surface area contributed by atoms with Gasteiger partial charge in [0.2, 0.25) is 11.8 Å². The second-order valence-electron chi connectivity index (χ2n) is 6.13. The van der Waals surface area contributed by atoms with Gasteiger partial charge in [0.15, 0.2) is 0 Å². The number of aromatic nitrogens is 2. The highest BCUT2D eigenvalue weighted by molar-refractivity contribution is 9.10. The van der Waals surface area contributed by atoms with E-state index in [0.717, 1.165) is 4.47 Å². The largest absolute Gasteiger partial charge is 0.325 e. The molecule has 0 aliphatic rings. The second-order valence-corrected chi connectivity index (χ2v) is 8.38. The number of amides is 2. The van der Waals surface area contributed by atoms with Gasteiger partial charge in [0, 0.05) is 28.2 Å². The molecular weight excluding hydrogens is 459 g/mol. The van der Waals surface area contributed by atoms with Crippen LogP contribution < -0.4 is 10.6 Å². The summed E-state index contributed by atoms with van der Waals surface area (Å²) in [5.41, 5.74) is 1.38. The number of nitrogens with zero attached hydrogens (tertiary/aromatic N) is 2. The fourth-order valence-electron chi connectivity index (χ4n) is 2.45. The SMILES string of the molecule is CC(SCC(=O)Nc1ccc(Br)cc1)C(=O)Nc1ccc(-n2ccnc2)c(F)c1. The minimum Gasteiger partial charge on any atom is -0.325 e. The molecule has 0 aliphatic heterocycles. The Labute approximate surface area is 180 Å². The Morgan fingerprint density at radius 3 is 2.55 bits per heavy atom. The summed E-state index contributed by atoms with van der Waals surface area (Å²) in [6.07, 6.45) is 4.68. The van der Waals surface area contributed by atoms with E-state index in [2.05, 4.69) is 31.5 Å². The highest BCUT2D eigenvalue weighted by Crippen LogP contribution is 2.20. The molecule has 1 unspecified atom stereocenters. The lowest BCUT2D eigenvalue weighted by atomic mass is 10.2. The summed E-state index contributed by atoms with van der Waals surface area (Å²) in [5.74, 6) is -0.859. The molecule has 0 saturated heterocycles. The molecule has 0 saturated carbocycles. The Bertz CT molecular complexity index is 996. The minimum absolute atomic E-state index is 0.124. The second kappa shape index (κ2) is 9.71. The summed E-state index contributed by atoms with van der Waals surface area (Å²) in [6.45, 7) is 1.70. The lowest BCUT2D eigenvalue weighted by molar-refractivity contribution is -0.115. The van der Waals surface area contributed by atoms with Gasteiger partial charge < -0.3 is 15.2 Å². The minimum atomic E-state index is -0.484. The summed E-state index contributed by atoms with van der Waals surface area (Å²) >= 11 is 4.53. The molecule has 2 aromatic carbocycles. The van der Waals surface area contributed by atoms with Crippen LogP contribution in [0.15, 0.2) is 65.7 Å². The molecule has 0 radical (unpaired) electrons. The van der Waals surface area contributed by atoms with Crippen molar-refractivity contribution >= 4 is 50.9 Å². The van der Waals surface area contributed by atoms with Crippen LogP contribution in [0.3, 0.4) is 0 Å². The van der Waals surface area contributed by atoms with Gasteiger partial charge >= 0.3 is 0 Å². The van der Waals surface area contributed by atoms with E-state index in [1.807, 2.05) is 12.1 Å². The number of carbonyl (C=O) groups is 2. The van der Waals surface area contributed by atoms with Crippen LogP contribution in [0.2, 0.25) is 0 Å². The van der Waals surface area contributed by atoms with E-state index in [1.165, 1.54) is 24.2 Å². The fraction of sp³-hybridized carbons (Fsp3) is 0.150. The molecule has 2 N–H and O–H groups in total. The molecule has 1 heterocycles. The van der Waals surface area contributed by atoms with Crippen molar-refractivity contribution in [3.05, 3.63) is 71.5 Å². The molecule has 150 valence electrons. The van der Waals surface area contributed by atoms with Crippen molar-refractivity contribution in [1.29, 1.82) is 0 Å². The number of imidazole rings is 1. The molecule has 0 aliphatic carbocycles. The number of anilines is 2. The van der Waals surface area contributed by atoms with Gasteiger partial charge in [-0.3, -0.25) is 9.59 Å². The van der Waals surface area contributed by atoms with Crippen LogP contribution in [0.25, 0.3) is 5.69 Å². The van der Waals surface area contributed by atoms with E-state index in [9.17, 15) is 14.0 Å². The van der Waals surface area contributed by atoms with E-state index in [0.29, 0.717) is 17.1 Å². The third-order valence-corrected chi connectivity index (χ3v) is 5.63. The van der Waals surface area contributed by atoms with E-state index in [-0.39, 0.29) is 17.6 Å². The van der Waals surface area contributed by atoms with Crippen LogP contribution in [0.5, 0.6) is 0 Å². The monoisotopic (exact) mass is 476 g/mol. The molecule has 6 nitrogen and oxygen atoms in total. The van der Waals surface area contributed by atoms with Crippen LogP contribution in [-0.2, 0) is 9.59 Å². The predicted molar refractivity (Wildman–Crippen MR) is 117 cm³/mol. The molecule has 1 atom stereocenters. The zero-order chi connectivity index (χ0) is 20.8. The average molecular weight is 477 g/mol. The van der Waals surface area contributed by atoms with Crippen molar-refractivity contribution in [2.45, 2.75) is 12.2 Å². The Hall–Kier alpha value is -2.65. The number of hydrogen-bond donors (Lipinski definition) is 2. The van der Waals surface area contributed by atoms with Gasteiger partial charge in [0.1, 0.15) is 5.82 Å². The molecule has 0 fully saturated rings. The van der Waals surface area contributed by atoms with Crippen LogP contribution in [-0.4, -0.2) is 32.4 Å². The quantitative estimate of drug-likeness (QED) is 0.527. The van der Waals surface area contributed by atoms with Crippen molar-refractivity contribution in [1.82, 2.24) is 9.55 Å². The van der Waals surface area contributed by atoms with Gasteiger partial charge in [-0.1, -0.05) is 15.9 Å². The highest BCUT2D eigenvalue weighted by atomic mass is 79.9. The number of carbonyl (C=O) groups excluding carboxylic acids is 2. The molecule has 9 heteroatoms. The molecule has 2 amide bonds. The Kier molecular flexibility index (Phi) is 7.05. The van der Waals surface area contributed by atoms with Gasteiger partial charge in [0.25, 0.3) is 0 Å². The van der Waals surface area contributed by atoms with Gasteiger partial charge in [-0.2, -0.15) is 0 Å². The number of hydrogen-bond acceptors (Lipinski definition) is 4. The summed E-state index contributed by atoms with van der Waals surface area (Å²) < 4.78 is 16.8. The topological polar surface area (TPSA) is 76.0 Å². The first-order valence-electron chi connectivity index (χ1n) is 8.68. The number of rotatable bonds is 7. The molecule has 3 aromatic rings. The van der Waals surface area contributed by atoms with Crippen molar-refractivity contribution in [2.75, 3.05) is 16.4 Å². The maximum Gasteiger partial charge on any atom is 0.237 e. The highest BCUT2D eigenvalue weighted by Gasteiger charge is 2.16. The van der Waals surface area contributed by atoms with Crippen LogP contribution >= 0.6 is 27.7 Å². The van der Waals surface area contributed by atoms with E-state index in [4.69, 9.17) is 0 Å². The molecule has 0 bridgehead atoms. The Morgan fingerprint density at radius 2 is 1.90 bits per heavy atom. The Morgan fingerprint density at radius 1 is 1.17 bits per heavy atom. The van der Waals surface area contributed by atoms with Gasteiger partial charge in [-0.25, -0.2) is 9.37 Å². The van der Waals surface area contributed by atoms with Gasteiger partial charge in [-0.15, -0.1) is 11.8 Å². The third-order valence-electron chi connectivity index (χ3n) is 3.96. The van der Waals surface area contributed by atoms with E-state index >= 15 is 0 Å². The Balaban J connectivity index is 1.50. The molecule has 3 rings (SSSR count). The van der Waals surface area contributed by atoms with Crippen molar-refractivity contribution in [2.24, 2.45) is 0 Å². The number of nitrogens with one attached hydrogen (secondary N) is 2. The summed E-state index contributed by atoms with van der Waals surface area (Å²) in [7, 11) is 0. The number of halogens is 2. The van der Waals surface area contributed by atoms with Crippen molar-refractivity contribution in [3.63, 3.8) is 0 Å². The van der Waals surface area contributed by atoms with Crippen LogP contribution in [0.1, 0.15) is 6.92 Å². The van der Waals surface area contributed by atoms with E-state index in [1.54, 1.807) is 48.1 Å². The third kappa shape index (κ3) is 5.91. The normalized spacial score (nSPS) is 11.7. The van der Waals surface area contributed by atoms with E-state index < -0.39 is 11.1 Å². The first kappa shape index (κ1) is 21.1. The van der Waals surface area contributed by atoms with Gasteiger partial charge in [0.05, 0.1) is 23.0 Å². The lowest BCUT2D eigenvalue weighted by Gasteiger charge is -2.13. The molecule has 0 spiro atoms. The van der Waals surface area contributed by atoms with Crippen molar-refractivity contribution < 1.29 is 14.0 Å². The first-order chi connectivity index (χ1) is 13.9. The summed E-state index contributed by atoms with van der Waals surface area (Å²) in [6, 6.07) is 11.7. The molecule has 29 heavy (non-hydrogen) atoms. The fourth-order valence-corrected chi connectivity index (χ4v) is 3.39. The zero-order valence-electron chi connectivity index (χ0n) is 15.4. The standard InChI is InChI=1S/C20H18BrFN4O2S/c1-13(29-11-19(27)24-15-4-2-14(21)3-5-15)20(28)25-16-6-7-18(17(22)10-16)26-9-8-23-12-26/h2-10,12-13H,11H2,1H3,(H,24,27)(H,25,28). The number of benzene rings is 2. The molecule has 1 aromatic heterocycles. The number of thioether (sulfide) groups is 1.